The lowest BCUT2D eigenvalue weighted by Gasteiger charge is -2.05. The maximum absolute atomic E-state index is 12.7. The number of nitrogens with zero attached hydrogens (tertiary/aromatic N) is 2. The van der Waals surface area contributed by atoms with E-state index in [9.17, 15) is 10.1 Å². The highest BCUT2D eigenvalue weighted by Crippen LogP contribution is 2.26. The number of fused-ring (bicyclic) bond motifs is 1. The fraction of sp³-hybridized carbons (Fsp3) is 0.0400. The van der Waals surface area contributed by atoms with Gasteiger partial charge in [0.2, 0.25) is 0 Å². The predicted octanol–water partition coefficient (Wildman–Crippen LogP) is 5.89. The molecule has 1 heterocycles. The van der Waals surface area contributed by atoms with Crippen molar-refractivity contribution in [3.8, 4) is 6.07 Å². The summed E-state index contributed by atoms with van der Waals surface area (Å²) in [6, 6.07) is 27.0. The molecule has 0 atom stereocenters. The van der Waals surface area contributed by atoms with E-state index in [0.717, 1.165) is 16.5 Å². The average Bonchev–Trinajstić information content (AvgIpc) is 3.11. The Kier molecular flexibility index (Phi) is 5.65. The fourth-order valence-corrected chi connectivity index (χ4v) is 3.54. The predicted molar refractivity (Wildman–Crippen MR) is 121 cm³/mol. The highest BCUT2D eigenvalue weighted by molar-refractivity contribution is 6.34. The first-order valence-electron chi connectivity index (χ1n) is 9.45. The second-order valence-corrected chi connectivity index (χ2v) is 7.23. The lowest BCUT2D eigenvalue weighted by molar-refractivity contribution is -0.112. The lowest BCUT2D eigenvalue weighted by Crippen LogP contribution is -2.13. The number of anilines is 1. The third-order valence-corrected chi connectivity index (χ3v) is 5.13. The summed E-state index contributed by atoms with van der Waals surface area (Å²) in [5.41, 5.74) is 3.50. The van der Waals surface area contributed by atoms with E-state index < -0.39 is 5.91 Å². The summed E-state index contributed by atoms with van der Waals surface area (Å²) >= 11 is 6.11. The van der Waals surface area contributed by atoms with E-state index in [2.05, 4.69) is 22.0 Å². The van der Waals surface area contributed by atoms with Crippen LogP contribution < -0.4 is 5.32 Å². The zero-order valence-corrected chi connectivity index (χ0v) is 16.8. The highest BCUT2D eigenvalue weighted by Gasteiger charge is 2.14. The molecule has 0 fully saturated rings. The molecule has 0 unspecified atom stereocenters. The minimum Gasteiger partial charge on any atom is -0.342 e. The van der Waals surface area contributed by atoms with Crippen LogP contribution in [0, 0.1) is 11.3 Å². The van der Waals surface area contributed by atoms with Crippen LogP contribution in [0.2, 0.25) is 5.02 Å². The number of rotatable bonds is 5. The Hall–Kier alpha value is -3.81. The number of halogens is 1. The van der Waals surface area contributed by atoms with Crippen LogP contribution in [-0.2, 0) is 11.3 Å². The third-order valence-electron chi connectivity index (χ3n) is 4.80. The van der Waals surface area contributed by atoms with Gasteiger partial charge >= 0.3 is 0 Å². The van der Waals surface area contributed by atoms with Crippen LogP contribution >= 0.6 is 11.6 Å². The van der Waals surface area contributed by atoms with Gasteiger partial charge in [-0.2, -0.15) is 5.26 Å². The molecule has 3 aromatic carbocycles. The van der Waals surface area contributed by atoms with Gasteiger partial charge in [-0.3, -0.25) is 4.79 Å². The highest BCUT2D eigenvalue weighted by atomic mass is 35.5. The van der Waals surface area contributed by atoms with Crippen LogP contribution in [0.1, 0.15) is 11.1 Å². The topological polar surface area (TPSA) is 57.8 Å². The zero-order valence-electron chi connectivity index (χ0n) is 16.0. The Bertz CT molecular complexity index is 1280. The van der Waals surface area contributed by atoms with Gasteiger partial charge in [0, 0.05) is 29.2 Å². The van der Waals surface area contributed by atoms with Crippen molar-refractivity contribution in [2.24, 2.45) is 0 Å². The van der Waals surface area contributed by atoms with Crippen LogP contribution in [0.5, 0.6) is 0 Å². The molecule has 4 rings (SSSR count). The molecule has 0 aliphatic rings. The van der Waals surface area contributed by atoms with E-state index in [0.29, 0.717) is 17.3 Å². The van der Waals surface area contributed by atoms with Crippen LogP contribution in [0.15, 0.2) is 90.6 Å². The molecule has 4 aromatic rings. The standard InChI is InChI=1S/C25H18ClN3O/c26-22-11-5-6-12-23(22)28-25(30)19(15-27)14-20-17-29(16-18-8-2-1-3-9-18)24-13-7-4-10-21(20)24/h1-14,17H,16H2,(H,28,30). The summed E-state index contributed by atoms with van der Waals surface area (Å²) in [7, 11) is 0. The van der Waals surface area contributed by atoms with Crippen molar-refractivity contribution in [1.82, 2.24) is 4.57 Å². The normalized spacial score (nSPS) is 11.3. The summed E-state index contributed by atoms with van der Waals surface area (Å²) < 4.78 is 2.12. The van der Waals surface area contributed by atoms with Crippen molar-refractivity contribution in [2.75, 3.05) is 5.32 Å². The first kappa shape index (κ1) is 19.5. The summed E-state index contributed by atoms with van der Waals surface area (Å²) in [6.07, 6.45) is 3.59. The Morgan fingerprint density at radius 2 is 1.70 bits per heavy atom. The smallest absolute Gasteiger partial charge is 0.266 e. The van der Waals surface area contributed by atoms with Gasteiger partial charge < -0.3 is 9.88 Å². The van der Waals surface area contributed by atoms with Gasteiger partial charge in [0.25, 0.3) is 5.91 Å². The minimum absolute atomic E-state index is 0.0116. The second-order valence-electron chi connectivity index (χ2n) is 6.82. The Labute approximate surface area is 179 Å². The molecule has 0 radical (unpaired) electrons. The van der Waals surface area contributed by atoms with Gasteiger partial charge in [0.1, 0.15) is 11.6 Å². The van der Waals surface area contributed by atoms with Gasteiger partial charge in [-0.15, -0.1) is 0 Å². The summed E-state index contributed by atoms with van der Waals surface area (Å²) in [5, 5.41) is 13.7. The Balaban J connectivity index is 1.69. The molecule has 0 spiro atoms. The molecule has 0 aliphatic heterocycles. The van der Waals surface area contributed by atoms with Crippen LogP contribution in [0.4, 0.5) is 5.69 Å². The third kappa shape index (κ3) is 4.12. The van der Waals surface area contributed by atoms with E-state index in [-0.39, 0.29) is 5.57 Å². The zero-order chi connectivity index (χ0) is 20.9. The largest absolute Gasteiger partial charge is 0.342 e. The van der Waals surface area contributed by atoms with E-state index in [4.69, 9.17) is 11.6 Å². The number of para-hydroxylation sites is 2. The molecule has 1 amide bonds. The Morgan fingerprint density at radius 3 is 2.47 bits per heavy atom. The van der Waals surface area contributed by atoms with Gasteiger partial charge in [0.15, 0.2) is 0 Å². The van der Waals surface area contributed by atoms with Crippen molar-refractivity contribution in [2.45, 2.75) is 6.54 Å². The summed E-state index contributed by atoms with van der Waals surface area (Å²) in [4.78, 5) is 12.7. The molecule has 146 valence electrons. The number of hydrogen-bond donors (Lipinski definition) is 1. The lowest BCUT2D eigenvalue weighted by atomic mass is 10.1. The molecular formula is C25H18ClN3O. The second kappa shape index (κ2) is 8.69. The minimum atomic E-state index is -0.495. The van der Waals surface area contributed by atoms with Crippen LogP contribution in [-0.4, -0.2) is 10.5 Å². The summed E-state index contributed by atoms with van der Waals surface area (Å²) in [6.45, 7) is 0.697. The molecule has 5 heteroatoms. The Morgan fingerprint density at radius 1 is 1.00 bits per heavy atom. The molecule has 0 saturated carbocycles. The maximum atomic E-state index is 12.7. The fourth-order valence-electron chi connectivity index (χ4n) is 3.36. The molecule has 30 heavy (non-hydrogen) atoms. The van der Waals surface area contributed by atoms with Gasteiger partial charge in [0.05, 0.1) is 10.7 Å². The molecule has 4 nitrogen and oxygen atoms in total. The van der Waals surface area contributed by atoms with Gasteiger partial charge in [-0.25, -0.2) is 0 Å². The number of benzene rings is 3. The van der Waals surface area contributed by atoms with E-state index in [1.165, 1.54) is 5.56 Å². The average molecular weight is 412 g/mol. The number of aromatic nitrogens is 1. The van der Waals surface area contributed by atoms with Crippen molar-refractivity contribution < 1.29 is 4.79 Å². The molecule has 0 bridgehead atoms. The molecule has 0 saturated heterocycles. The molecular weight excluding hydrogens is 394 g/mol. The van der Waals surface area contributed by atoms with E-state index in [1.807, 2.05) is 54.7 Å². The van der Waals surface area contributed by atoms with Crippen LogP contribution in [0.25, 0.3) is 17.0 Å². The van der Waals surface area contributed by atoms with Crippen LogP contribution in [0.3, 0.4) is 0 Å². The number of carbonyl (C=O) groups excluding carboxylic acids is 1. The first-order valence-corrected chi connectivity index (χ1v) is 9.83. The number of nitriles is 1. The quantitative estimate of drug-likeness (QED) is 0.329. The summed E-state index contributed by atoms with van der Waals surface area (Å²) in [5.74, 6) is -0.495. The number of hydrogen-bond acceptors (Lipinski definition) is 2. The molecule has 1 N–H and O–H groups in total. The maximum Gasteiger partial charge on any atom is 0.266 e. The SMILES string of the molecule is N#CC(=Cc1cn(Cc2ccccc2)c2ccccc12)C(=O)Nc1ccccc1Cl. The first-order chi connectivity index (χ1) is 14.7. The van der Waals surface area contributed by atoms with E-state index >= 15 is 0 Å². The molecule has 0 aliphatic carbocycles. The van der Waals surface area contributed by atoms with Crippen molar-refractivity contribution in [1.29, 1.82) is 5.26 Å². The van der Waals surface area contributed by atoms with Crippen molar-refractivity contribution >= 4 is 40.2 Å². The number of amides is 1. The van der Waals surface area contributed by atoms with Gasteiger partial charge in [-0.1, -0.05) is 72.3 Å². The van der Waals surface area contributed by atoms with Crippen molar-refractivity contribution in [3.63, 3.8) is 0 Å². The monoisotopic (exact) mass is 411 g/mol. The number of carbonyl (C=O) groups is 1. The molecule has 1 aromatic heterocycles. The number of nitrogens with one attached hydrogen (secondary N) is 1. The van der Waals surface area contributed by atoms with E-state index in [1.54, 1.807) is 30.3 Å². The van der Waals surface area contributed by atoms with Gasteiger partial charge in [-0.05, 0) is 29.8 Å². The van der Waals surface area contributed by atoms with Crippen molar-refractivity contribution in [3.05, 3.63) is 107 Å².